The first-order chi connectivity index (χ1) is 9.95. The van der Waals surface area contributed by atoms with Gasteiger partial charge in [-0.05, 0) is 19.1 Å². The van der Waals surface area contributed by atoms with Gasteiger partial charge in [-0.1, -0.05) is 28.9 Å². The maximum absolute atomic E-state index is 11.8. The number of hydrogen-bond donors (Lipinski definition) is 2. The Morgan fingerprint density at radius 1 is 1.33 bits per heavy atom. The van der Waals surface area contributed by atoms with Crippen LogP contribution in [0.1, 0.15) is 23.5 Å². The van der Waals surface area contributed by atoms with Gasteiger partial charge in [0.1, 0.15) is 11.7 Å². The SMILES string of the molecule is CNC(=O)C(C)n1nnc(C(=O)O)c1-c1ccc(Cl)cc1. The second-order valence-corrected chi connectivity index (χ2v) is 4.77. The van der Waals surface area contributed by atoms with Crippen molar-refractivity contribution in [2.45, 2.75) is 13.0 Å². The Kier molecular flexibility index (Phi) is 4.23. The van der Waals surface area contributed by atoms with Crippen LogP contribution in [0.4, 0.5) is 0 Å². The third kappa shape index (κ3) is 2.87. The van der Waals surface area contributed by atoms with Gasteiger partial charge < -0.3 is 10.4 Å². The molecule has 8 heteroatoms. The van der Waals surface area contributed by atoms with Crippen LogP contribution in [0.2, 0.25) is 5.02 Å². The summed E-state index contributed by atoms with van der Waals surface area (Å²) in [7, 11) is 1.50. The van der Waals surface area contributed by atoms with Crippen molar-refractivity contribution in [2.75, 3.05) is 7.05 Å². The molecule has 110 valence electrons. The second-order valence-electron chi connectivity index (χ2n) is 4.33. The summed E-state index contributed by atoms with van der Waals surface area (Å²) in [4.78, 5) is 23.1. The lowest BCUT2D eigenvalue weighted by molar-refractivity contribution is -0.123. The number of carboxylic acids is 1. The Labute approximate surface area is 125 Å². The number of halogens is 1. The molecule has 0 saturated heterocycles. The van der Waals surface area contributed by atoms with Gasteiger partial charge in [-0.2, -0.15) is 0 Å². The first-order valence-corrected chi connectivity index (χ1v) is 6.49. The van der Waals surface area contributed by atoms with E-state index in [0.29, 0.717) is 10.6 Å². The molecule has 0 radical (unpaired) electrons. The van der Waals surface area contributed by atoms with Gasteiger partial charge in [0.2, 0.25) is 5.91 Å². The molecular formula is C13H13ClN4O3. The van der Waals surface area contributed by atoms with Gasteiger partial charge in [0, 0.05) is 17.6 Å². The van der Waals surface area contributed by atoms with Crippen LogP contribution in [-0.4, -0.2) is 39.0 Å². The van der Waals surface area contributed by atoms with Crippen molar-refractivity contribution in [1.82, 2.24) is 20.3 Å². The van der Waals surface area contributed by atoms with Gasteiger partial charge in [-0.25, -0.2) is 9.48 Å². The number of carboxylic acid groups (broad SMARTS) is 1. The molecule has 0 saturated carbocycles. The van der Waals surface area contributed by atoms with E-state index in [0.717, 1.165) is 0 Å². The van der Waals surface area contributed by atoms with E-state index in [2.05, 4.69) is 15.6 Å². The number of hydrogen-bond acceptors (Lipinski definition) is 4. The number of carbonyl (C=O) groups excluding carboxylic acids is 1. The topological polar surface area (TPSA) is 97.1 Å². The predicted molar refractivity (Wildman–Crippen MR) is 76.2 cm³/mol. The number of nitrogens with zero attached hydrogens (tertiary/aromatic N) is 3. The molecule has 21 heavy (non-hydrogen) atoms. The maximum atomic E-state index is 11.8. The molecular weight excluding hydrogens is 296 g/mol. The smallest absolute Gasteiger partial charge is 0.358 e. The van der Waals surface area contributed by atoms with Crippen LogP contribution in [0.25, 0.3) is 11.3 Å². The standard InChI is InChI=1S/C13H13ClN4O3/c1-7(12(19)15-2)18-11(10(13(20)21)16-17-18)8-3-5-9(14)6-4-8/h3-7H,1-2H3,(H,15,19)(H,20,21). The van der Waals surface area contributed by atoms with Crippen molar-refractivity contribution in [1.29, 1.82) is 0 Å². The zero-order valence-corrected chi connectivity index (χ0v) is 12.1. The predicted octanol–water partition coefficient (Wildman–Crippen LogP) is 1.60. The van der Waals surface area contributed by atoms with Crippen LogP contribution < -0.4 is 5.32 Å². The highest BCUT2D eigenvalue weighted by molar-refractivity contribution is 6.30. The minimum atomic E-state index is -1.21. The molecule has 1 atom stereocenters. The summed E-state index contributed by atoms with van der Waals surface area (Å²) in [6, 6.07) is 5.87. The second kappa shape index (κ2) is 5.92. The largest absolute Gasteiger partial charge is 0.476 e. The number of benzene rings is 1. The molecule has 0 aliphatic rings. The van der Waals surface area contributed by atoms with E-state index >= 15 is 0 Å². The number of nitrogens with one attached hydrogen (secondary N) is 1. The van der Waals surface area contributed by atoms with Crippen LogP contribution in [0.5, 0.6) is 0 Å². The average Bonchev–Trinajstić information content (AvgIpc) is 2.91. The molecule has 0 spiro atoms. The van der Waals surface area contributed by atoms with Gasteiger partial charge in [-0.15, -0.1) is 5.10 Å². The lowest BCUT2D eigenvalue weighted by Gasteiger charge is -2.13. The zero-order valence-electron chi connectivity index (χ0n) is 11.4. The summed E-state index contributed by atoms with van der Waals surface area (Å²) in [5, 5.41) is 19.7. The van der Waals surface area contributed by atoms with Crippen LogP contribution in [0.15, 0.2) is 24.3 Å². The van der Waals surface area contributed by atoms with Crippen molar-refractivity contribution in [3.63, 3.8) is 0 Å². The fourth-order valence-corrected chi connectivity index (χ4v) is 2.03. The number of amides is 1. The summed E-state index contributed by atoms with van der Waals surface area (Å²) < 4.78 is 1.28. The number of aromatic nitrogens is 3. The number of rotatable bonds is 4. The van der Waals surface area contributed by atoms with Crippen LogP contribution in [-0.2, 0) is 4.79 Å². The summed E-state index contributed by atoms with van der Waals surface area (Å²) in [6.45, 7) is 1.61. The molecule has 0 aliphatic heterocycles. The molecule has 2 rings (SSSR count). The maximum Gasteiger partial charge on any atom is 0.358 e. The van der Waals surface area contributed by atoms with E-state index in [1.807, 2.05) is 0 Å². The number of aromatic carboxylic acids is 1. The summed E-state index contributed by atoms with van der Waals surface area (Å²) in [6.07, 6.45) is 0. The molecule has 2 aromatic rings. The molecule has 1 amide bonds. The van der Waals surface area contributed by atoms with Crippen molar-refractivity contribution in [3.8, 4) is 11.3 Å². The monoisotopic (exact) mass is 308 g/mol. The fourth-order valence-electron chi connectivity index (χ4n) is 1.91. The molecule has 1 unspecified atom stereocenters. The Hall–Kier alpha value is -2.41. The van der Waals surface area contributed by atoms with Gasteiger partial charge in [0.15, 0.2) is 5.69 Å². The lowest BCUT2D eigenvalue weighted by Crippen LogP contribution is -2.29. The Balaban J connectivity index is 2.60. The van der Waals surface area contributed by atoms with E-state index in [9.17, 15) is 14.7 Å². The van der Waals surface area contributed by atoms with Crippen molar-refractivity contribution < 1.29 is 14.7 Å². The highest BCUT2D eigenvalue weighted by atomic mass is 35.5. The summed E-state index contributed by atoms with van der Waals surface area (Å²) in [5.41, 5.74) is 0.612. The van der Waals surface area contributed by atoms with Crippen molar-refractivity contribution in [3.05, 3.63) is 35.0 Å². The molecule has 1 heterocycles. The van der Waals surface area contributed by atoms with Crippen LogP contribution in [0, 0.1) is 0 Å². The Morgan fingerprint density at radius 3 is 2.48 bits per heavy atom. The normalized spacial score (nSPS) is 12.0. The van der Waals surface area contributed by atoms with Crippen molar-refractivity contribution >= 4 is 23.5 Å². The molecule has 0 aliphatic carbocycles. The molecule has 1 aromatic heterocycles. The summed E-state index contributed by atoms with van der Waals surface area (Å²) >= 11 is 5.83. The lowest BCUT2D eigenvalue weighted by atomic mass is 10.1. The molecule has 7 nitrogen and oxygen atoms in total. The number of likely N-dealkylation sites (N-methyl/N-ethyl adjacent to an activating group) is 1. The van der Waals surface area contributed by atoms with E-state index in [1.165, 1.54) is 11.7 Å². The highest BCUT2D eigenvalue weighted by Crippen LogP contribution is 2.26. The van der Waals surface area contributed by atoms with E-state index in [1.54, 1.807) is 31.2 Å². The van der Waals surface area contributed by atoms with E-state index < -0.39 is 12.0 Å². The van der Waals surface area contributed by atoms with Crippen LogP contribution in [0.3, 0.4) is 0 Å². The average molecular weight is 309 g/mol. The third-order valence-corrected chi connectivity index (χ3v) is 3.26. The van der Waals surface area contributed by atoms with Gasteiger partial charge in [0.25, 0.3) is 0 Å². The molecule has 1 aromatic carbocycles. The van der Waals surface area contributed by atoms with Gasteiger partial charge in [-0.3, -0.25) is 4.79 Å². The highest BCUT2D eigenvalue weighted by Gasteiger charge is 2.25. The van der Waals surface area contributed by atoms with E-state index in [4.69, 9.17) is 11.6 Å². The third-order valence-electron chi connectivity index (χ3n) is 3.01. The summed E-state index contributed by atoms with van der Waals surface area (Å²) in [5.74, 6) is -1.51. The van der Waals surface area contributed by atoms with Gasteiger partial charge >= 0.3 is 5.97 Å². The molecule has 2 N–H and O–H groups in total. The van der Waals surface area contributed by atoms with Gasteiger partial charge in [0.05, 0.1) is 0 Å². The minimum absolute atomic E-state index is 0.215. The quantitative estimate of drug-likeness (QED) is 0.894. The Morgan fingerprint density at radius 2 is 1.95 bits per heavy atom. The fraction of sp³-hybridized carbons (Fsp3) is 0.231. The molecule has 0 fully saturated rings. The van der Waals surface area contributed by atoms with Crippen LogP contribution >= 0.6 is 11.6 Å². The van der Waals surface area contributed by atoms with Crippen molar-refractivity contribution in [2.24, 2.45) is 0 Å². The van der Waals surface area contributed by atoms with E-state index in [-0.39, 0.29) is 17.3 Å². The first kappa shape index (κ1) is 15.0. The molecule has 0 bridgehead atoms. The first-order valence-electron chi connectivity index (χ1n) is 6.11. The zero-order chi connectivity index (χ0) is 15.6. The Bertz CT molecular complexity index is 681. The number of carbonyl (C=O) groups is 2. The minimum Gasteiger partial charge on any atom is -0.476 e.